The lowest BCUT2D eigenvalue weighted by Gasteiger charge is -2.33. The number of fused-ring (bicyclic) bond motifs is 2. The van der Waals surface area contributed by atoms with Crippen LogP contribution in [0.3, 0.4) is 0 Å². The van der Waals surface area contributed by atoms with Crippen LogP contribution in [0.5, 0.6) is 5.75 Å². The monoisotopic (exact) mass is 352 g/mol. The topological polar surface area (TPSA) is 90.7 Å². The molecule has 0 saturated carbocycles. The third-order valence-electron chi connectivity index (χ3n) is 5.11. The van der Waals surface area contributed by atoms with Gasteiger partial charge in [0.2, 0.25) is 5.91 Å². The molecule has 26 heavy (non-hydrogen) atoms. The molecule has 4 rings (SSSR count). The third kappa shape index (κ3) is 2.47. The van der Waals surface area contributed by atoms with Gasteiger partial charge in [-0.2, -0.15) is 0 Å². The quantitative estimate of drug-likeness (QED) is 0.739. The van der Waals surface area contributed by atoms with Crippen LogP contribution in [0.4, 0.5) is 5.69 Å². The van der Waals surface area contributed by atoms with Crippen LogP contribution in [0.15, 0.2) is 35.3 Å². The first-order valence-corrected chi connectivity index (χ1v) is 8.65. The molecule has 0 fully saturated rings. The van der Waals surface area contributed by atoms with Crippen LogP contribution in [-0.2, 0) is 11.2 Å². The number of carbonyl (C=O) groups is 1. The van der Waals surface area contributed by atoms with Crippen molar-refractivity contribution in [1.82, 2.24) is 14.6 Å². The maximum absolute atomic E-state index is 13.0. The number of aromatic hydroxyl groups is 1. The fourth-order valence-corrected chi connectivity index (χ4v) is 3.64. The van der Waals surface area contributed by atoms with Crippen molar-refractivity contribution in [3.05, 3.63) is 57.6 Å². The average molecular weight is 352 g/mol. The van der Waals surface area contributed by atoms with Crippen molar-refractivity contribution in [2.24, 2.45) is 0 Å². The van der Waals surface area contributed by atoms with E-state index in [-0.39, 0.29) is 29.6 Å². The molecule has 0 spiro atoms. The summed E-state index contributed by atoms with van der Waals surface area (Å²) in [5, 5.41) is 13.1. The van der Waals surface area contributed by atoms with Crippen LogP contribution in [-0.4, -0.2) is 32.2 Å². The lowest BCUT2D eigenvalue weighted by atomic mass is 9.90. The SMILES string of the molecule is Cc1nc2cc[nH]n2c(=O)c1CC(=O)N1CC[C@H](C)c2cccc(O)c21. The second kappa shape index (κ2) is 6.01. The van der Waals surface area contributed by atoms with E-state index in [1.54, 1.807) is 36.2 Å². The summed E-state index contributed by atoms with van der Waals surface area (Å²) in [7, 11) is 0. The molecular formula is C19H20N4O3. The number of benzene rings is 1. The highest BCUT2D eigenvalue weighted by Crippen LogP contribution is 2.41. The molecule has 1 aromatic carbocycles. The van der Waals surface area contributed by atoms with Crippen LogP contribution in [0.2, 0.25) is 0 Å². The van der Waals surface area contributed by atoms with Gasteiger partial charge in [0.25, 0.3) is 5.56 Å². The number of nitrogens with zero attached hydrogens (tertiary/aromatic N) is 3. The minimum Gasteiger partial charge on any atom is -0.506 e. The van der Waals surface area contributed by atoms with Gasteiger partial charge in [0.1, 0.15) is 5.75 Å². The van der Waals surface area contributed by atoms with Crippen molar-refractivity contribution in [2.75, 3.05) is 11.4 Å². The number of phenols is 1. The van der Waals surface area contributed by atoms with Gasteiger partial charge in [-0.15, -0.1) is 0 Å². The Balaban J connectivity index is 1.73. The van der Waals surface area contributed by atoms with Gasteiger partial charge >= 0.3 is 0 Å². The van der Waals surface area contributed by atoms with Gasteiger partial charge in [-0.3, -0.25) is 14.7 Å². The second-order valence-electron chi connectivity index (χ2n) is 6.76. The summed E-state index contributed by atoms with van der Waals surface area (Å²) in [5.41, 5.74) is 2.68. The molecule has 1 amide bonds. The van der Waals surface area contributed by atoms with Crippen molar-refractivity contribution < 1.29 is 9.90 Å². The molecule has 0 unspecified atom stereocenters. The molecule has 3 aromatic rings. The number of H-pyrrole nitrogens is 1. The maximum Gasteiger partial charge on any atom is 0.276 e. The molecule has 0 radical (unpaired) electrons. The smallest absolute Gasteiger partial charge is 0.276 e. The minimum absolute atomic E-state index is 0.0538. The summed E-state index contributed by atoms with van der Waals surface area (Å²) < 4.78 is 1.33. The number of rotatable bonds is 2. The summed E-state index contributed by atoms with van der Waals surface area (Å²) in [5.74, 6) is 0.146. The Labute approximate surface area is 149 Å². The molecule has 2 aromatic heterocycles. The zero-order chi connectivity index (χ0) is 18.4. The van der Waals surface area contributed by atoms with Crippen molar-refractivity contribution in [3.63, 3.8) is 0 Å². The summed E-state index contributed by atoms with van der Waals surface area (Å²) in [6.45, 7) is 4.34. The van der Waals surface area contributed by atoms with Gasteiger partial charge in [0, 0.05) is 30.1 Å². The Hall–Kier alpha value is -3.09. The number of phenolic OH excluding ortho intramolecular Hbond substituents is 1. The van der Waals surface area contributed by atoms with Crippen molar-refractivity contribution in [1.29, 1.82) is 0 Å². The van der Waals surface area contributed by atoms with Gasteiger partial charge < -0.3 is 10.0 Å². The molecular weight excluding hydrogens is 332 g/mol. The number of aromatic amines is 1. The number of amides is 1. The number of anilines is 1. The zero-order valence-electron chi connectivity index (χ0n) is 14.7. The fourth-order valence-electron chi connectivity index (χ4n) is 3.64. The number of aromatic nitrogens is 3. The van der Waals surface area contributed by atoms with E-state index in [0.29, 0.717) is 29.1 Å². The number of aryl methyl sites for hydroxylation is 1. The van der Waals surface area contributed by atoms with Crippen molar-refractivity contribution in [3.8, 4) is 5.75 Å². The first-order valence-electron chi connectivity index (χ1n) is 8.65. The Kier molecular flexibility index (Phi) is 3.79. The molecule has 0 saturated heterocycles. The van der Waals surface area contributed by atoms with Gasteiger partial charge in [-0.1, -0.05) is 19.1 Å². The van der Waals surface area contributed by atoms with E-state index in [2.05, 4.69) is 17.0 Å². The lowest BCUT2D eigenvalue weighted by molar-refractivity contribution is -0.118. The van der Waals surface area contributed by atoms with Crippen LogP contribution >= 0.6 is 0 Å². The van der Waals surface area contributed by atoms with Gasteiger partial charge in [0.05, 0.1) is 12.1 Å². The molecule has 0 bridgehead atoms. The van der Waals surface area contributed by atoms with Crippen LogP contribution in [0.25, 0.3) is 5.65 Å². The van der Waals surface area contributed by atoms with E-state index >= 15 is 0 Å². The summed E-state index contributed by atoms with van der Waals surface area (Å²) in [6, 6.07) is 7.02. The molecule has 134 valence electrons. The number of hydrogen-bond donors (Lipinski definition) is 2. The summed E-state index contributed by atoms with van der Waals surface area (Å²) in [6.07, 6.45) is 2.39. The fraction of sp³-hybridized carbons (Fsp3) is 0.316. The van der Waals surface area contributed by atoms with Gasteiger partial charge in [0.15, 0.2) is 5.65 Å². The Morgan fingerprint density at radius 2 is 2.19 bits per heavy atom. The highest BCUT2D eigenvalue weighted by Gasteiger charge is 2.29. The molecule has 0 aliphatic carbocycles. The molecule has 1 aliphatic rings. The molecule has 3 heterocycles. The standard InChI is InChI=1S/C19H20N4O3/c1-11-7-9-22(18-13(11)4-3-5-15(18)24)17(25)10-14-12(2)21-16-6-8-20-23(16)19(14)26/h3-6,8,11,20,24H,7,9-10H2,1-2H3/t11-/m0/s1. The van der Waals surface area contributed by atoms with Gasteiger partial charge in [-0.05, 0) is 30.9 Å². The second-order valence-corrected chi connectivity index (χ2v) is 6.76. The van der Waals surface area contributed by atoms with E-state index in [9.17, 15) is 14.7 Å². The first-order chi connectivity index (χ1) is 12.5. The molecule has 1 atom stereocenters. The number of hydrogen-bond acceptors (Lipinski definition) is 4. The molecule has 7 nitrogen and oxygen atoms in total. The predicted octanol–water partition coefficient (Wildman–Crippen LogP) is 2.12. The van der Waals surface area contributed by atoms with Crippen LogP contribution in [0, 0.1) is 6.92 Å². The van der Waals surface area contributed by atoms with E-state index in [1.807, 2.05) is 6.07 Å². The summed E-state index contributed by atoms with van der Waals surface area (Å²) in [4.78, 5) is 31.6. The highest BCUT2D eigenvalue weighted by atomic mass is 16.3. The number of nitrogens with one attached hydrogen (secondary N) is 1. The molecule has 7 heteroatoms. The third-order valence-corrected chi connectivity index (χ3v) is 5.11. The largest absolute Gasteiger partial charge is 0.506 e. The zero-order valence-corrected chi connectivity index (χ0v) is 14.7. The minimum atomic E-state index is -0.270. The predicted molar refractivity (Wildman–Crippen MR) is 97.7 cm³/mol. The number of para-hydroxylation sites is 1. The van der Waals surface area contributed by atoms with E-state index in [4.69, 9.17) is 0 Å². The highest BCUT2D eigenvalue weighted by molar-refractivity contribution is 5.97. The number of carbonyl (C=O) groups excluding carboxylic acids is 1. The molecule has 2 N–H and O–H groups in total. The van der Waals surface area contributed by atoms with Crippen molar-refractivity contribution in [2.45, 2.75) is 32.6 Å². The Morgan fingerprint density at radius 3 is 3.00 bits per heavy atom. The van der Waals surface area contributed by atoms with Crippen LogP contribution in [0.1, 0.15) is 36.1 Å². The van der Waals surface area contributed by atoms with E-state index in [1.165, 1.54) is 4.52 Å². The van der Waals surface area contributed by atoms with Gasteiger partial charge in [-0.25, -0.2) is 9.50 Å². The first kappa shape index (κ1) is 16.4. The molecule has 1 aliphatic heterocycles. The maximum atomic E-state index is 13.0. The van der Waals surface area contributed by atoms with Crippen molar-refractivity contribution >= 4 is 17.2 Å². The lowest BCUT2D eigenvalue weighted by Crippen LogP contribution is -2.39. The Bertz CT molecular complexity index is 1070. The van der Waals surface area contributed by atoms with Crippen LogP contribution < -0.4 is 10.5 Å². The van der Waals surface area contributed by atoms with E-state index < -0.39 is 0 Å². The average Bonchev–Trinajstić information content (AvgIpc) is 3.08. The summed E-state index contributed by atoms with van der Waals surface area (Å²) >= 11 is 0. The van der Waals surface area contributed by atoms with E-state index in [0.717, 1.165) is 12.0 Å². The Morgan fingerprint density at radius 1 is 1.38 bits per heavy atom. The normalized spacial score (nSPS) is 16.7.